The summed E-state index contributed by atoms with van der Waals surface area (Å²) >= 11 is 0. The van der Waals surface area contributed by atoms with Crippen LogP contribution in [-0.2, 0) is 13.0 Å². The average Bonchev–Trinajstić information content (AvgIpc) is 2.85. The minimum atomic E-state index is 0.0585. The van der Waals surface area contributed by atoms with E-state index in [2.05, 4.69) is 21.6 Å². The average molecular weight is 217 g/mol. The Morgan fingerprint density at radius 2 is 2.31 bits per heavy atom. The van der Waals surface area contributed by atoms with Crippen LogP contribution < -0.4 is 10.5 Å². The number of benzene rings is 1. The molecule has 0 saturated heterocycles. The van der Waals surface area contributed by atoms with Crippen molar-refractivity contribution >= 4 is 5.95 Å². The Labute approximate surface area is 92.0 Å². The molecular formula is C10H11N5O. The van der Waals surface area contributed by atoms with Gasteiger partial charge in [0.2, 0.25) is 5.95 Å². The summed E-state index contributed by atoms with van der Waals surface area (Å²) in [6.45, 7) is 0.577. The van der Waals surface area contributed by atoms with Gasteiger partial charge in [0.15, 0.2) is 0 Å². The molecule has 1 atom stereocenters. The van der Waals surface area contributed by atoms with Gasteiger partial charge in [-0.2, -0.15) is 0 Å². The molecule has 0 bridgehead atoms. The zero-order valence-corrected chi connectivity index (χ0v) is 8.58. The van der Waals surface area contributed by atoms with E-state index in [9.17, 15) is 0 Å². The third-order valence-corrected chi connectivity index (χ3v) is 2.65. The topological polar surface area (TPSA) is 78.9 Å². The summed E-state index contributed by atoms with van der Waals surface area (Å²) < 4.78 is 7.32. The summed E-state index contributed by atoms with van der Waals surface area (Å²) in [6.07, 6.45) is 0.929. The molecule has 2 N–H and O–H groups in total. The SMILES string of the molecule is Nc1nnnn1CC1Cc2ccccc2O1. The summed E-state index contributed by atoms with van der Waals surface area (Å²) in [7, 11) is 0. The standard InChI is InChI=1S/C10H11N5O/c11-10-12-13-14-15(10)6-8-5-7-3-1-2-4-9(7)16-8/h1-4,8H,5-6H2,(H2,11,12,14). The number of rotatable bonds is 2. The predicted octanol–water partition coefficient (Wildman–Crippen LogP) is 0.259. The third kappa shape index (κ3) is 1.48. The molecule has 82 valence electrons. The second-order valence-corrected chi connectivity index (χ2v) is 3.77. The minimum Gasteiger partial charge on any atom is -0.488 e. The number of anilines is 1. The highest BCUT2D eigenvalue weighted by molar-refractivity contribution is 5.37. The van der Waals surface area contributed by atoms with Crippen LogP contribution in [0.2, 0.25) is 0 Å². The van der Waals surface area contributed by atoms with Crippen molar-refractivity contribution < 1.29 is 4.74 Å². The van der Waals surface area contributed by atoms with E-state index in [4.69, 9.17) is 10.5 Å². The Hall–Kier alpha value is -2.11. The van der Waals surface area contributed by atoms with Crippen molar-refractivity contribution in [3.8, 4) is 5.75 Å². The van der Waals surface area contributed by atoms with Crippen LogP contribution in [0.25, 0.3) is 0 Å². The Morgan fingerprint density at radius 3 is 3.06 bits per heavy atom. The molecule has 0 fully saturated rings. The smallest absolute Gasteiger partial charge is 0.240 e. The fourth-order valence-corrected chi connectivity index (χ4v) is 1.89. The highest BCUT2D eigenvalue weighted by atomic mass is 16.5. The van der Waals surface area contributed by atoms with Gasteiger partial charge in [0, 0.05) is 6.42 Å². The van der Waals surface area contributed by atoms with Gasteiger partial charge in [0.05, 0.1) is 6.54 Å². The molecule has 1 aliphatic rings. The zero-order valence-electron chi connectivity index (χ0n) is 8.58. The first-order chi connectivity index (χ1) is 7.83. The number of nitrogens with two attached hydrogens (primary N) is 1. The van der Waals surface area contributed by atoms with Gasteiger partial charge in [-0.1, -0.05) is 23.3 Å². The van der Waals surface area contributed by atoms with Crippen LogP contribution in [0.1, 0.15) is 5.56 Å². The Bertz CT molecular complexity index is 484. The molecule has 16 heavy (non-hydrogen) atoms. The van der Waals surface area contributed by atoms with Crippen molar-refractivity contribution in [3.63, 3.8) is 0 Å². The van der Waals surface area contributed by atoms with E-state index in [1.54, 1.807) is 4.68 Å². The quantitative estimate of drug-likeness (QED) is 0.780. The number of aromatic nitrogens is 4. The monoisotopic (exact) mass is 217 g/mol. The molecule has 6 nitrogen and oxygen atoms in total. The maximum Gasteiger partial charge on any atom is 0.240 e. The fourth-order valence-electron chi connectivity index (χ4n) is 1.89. The van der Waals surface area contributed by atoms with Gasteiger partial charge in [0.25, 0.3) is 0 Å². The van der Waals surface area contributed by atoms with Crippen LogP contribution in [0.5, 0.6) is 5.75 Å². The number of nitrogens with zero attached hydrogens (tertiary/aromatic N) is 4. The molecule has 0 aliphatic carbocycles. The van der Waals surface area contributed by atoms with E-state index in [0.29, 0.717) is 12.5 Å². The van der Waals surface area contributed by atoms with Gasteiger partial charge in [-0.3, -0.25) is 0 Å². The molecule has 1 unspecified atom stereocenters. The van der Waals surface area contributed by atoms with Crippen LogP contribution in [0.3, 0.4) is 0 Å². The van der Waals surface area contributed by atoms with E-state index in [-0.39, 0.29) is 6.10 Å². The second kappa shape index (κ2) is 3.48. The van der Waals surface area contributed by atoms with Gasteiger partial charge < -0.3 is 10.5 Å². The number of hydrogen-bond donors (Lipinski definition) is 1. The van der Waals surface area contributed by atoms with Gasteiger partial charge in [-0.15, -0.1) is 0 Å². The Balaban J connectivity index is 1.75. The molecule has 0 amide bonds. The van der Waals surface area contributed by atoms with Crippen LogP contribution in [0, 0.1) is 0 Å². The van der Waals surface area contributed by atoms with Crippen LogP contribution in [-0.4, -0.2) is 26.3 Å². The van der Waals surface area contributed by atoms with E-state index < -0.39 is 0 Å². The first kappa shape index (κ1) is 9.14. The van der Waals surface area contributed by atoms with Crippen molar-refractivity contribution in [2.75, 3.05) is 5.73 Å². The number of fused-ring (bicyclic) bond motifs is 1. The molecule has 0 radical (unpaired) electrons. The molecular weight excluding hydrogens is 206 g/mol. The summed E-state index contributed by atoms with van der Waals surface area (Å²) in [5, 5.41) is 10.9. The number of ether oxygens (including phenoxy) is 1. The van der Waals surface area contributed by atoms with Crippen molar-refractivity contribution in [3.05, 3.63) is 29.8 Å². The molecule has 0 spiro atoms. The number of nitrogen functional groups attached to an aromatic ring is 1. The van der Waals surface area contributed by atoms with Gasteiger partial charge in [-0.05, 0) is 22.1 Å². The summed E-state index contributed by atoms with van der Waals surface area (Å²) in [4.78, 5) is 0. The summed E-state index contributed by atoms with van der Waals surface area (Å²) in [5.41, 5.74) is 6.82. The van der Waals surface area contributed by atoms with Crippen LogP contribution in [0.4, 0.5) is 5.95 Å². The lowest BCUT2D eigenvalue weighted by Gasteiger charge is -2.09. The van der Waals surface area contributed by atoms with Gasteiger partial charge in [0.1, 0.15) is 11.9 Å². The highest BCUT2D eigenvalue weighted by Crippen LogP contribution is 2.28. The van der Waals surface area contributed by atoms with E-state index >= 15 is 0 Å². The second-order valence-electron chi connectivity index (χ2n) is 3.77. The normalized spacial score (nSPS) is 18.1. The van der Waals surface area contributed by atoms with E-state index in [0.717, 1.165) is 12.2 Å². The van der Waals surface area contributed by atoms with Crippen molar-refractivity contribution in [1.29, 1.82) is 0 Å². The lowest BCUT2D eigenvalue weighted by molar-refractivity contribution is 0.203. The highest BCUT2D eigenvalue weighted by Gasteiger charge is 2.23. The van der Waals surface area contributed by atoms with Crippen molar-refractivity contribution in [2.24, 2.45) is 0 Å². The molecule has 0 saturated carbocycles. The largest absolute Gasteiger partial charge is 0.488 e. The molecule has 1 aromatic heterocycles. The predicted molar refractivity (Wildman–Crippen MR) is 56.8 cm³/mol. The van der Waals surface area contributed by atoms with Gasteiger partial charge >= 0.3 is 0 Å². The van der Waals surface area contributed by atoms with E-state index in [1.807, 2.05) is 18.2 Å². The maximum atomic E-state index is 5.76. The van der Waals surface area contributed by atoms with E-state index in [1.165, 1.54) is 5.56 Å². The Kier molecular flexibility index (Phi) is 1.99. The molecule has 6 heteroatoms. The zero-order chi connectivity index (χ0) is 11.0. The summed E-state index contributed by atoms with van der Waals surface area (Å²) in [5.74, 6) is 1.26. The molecule has 1 aliphatic heterocycles. The number of hydrogen-bond acceptors (Lipinski definition) is 5. The minimum absolute atomic E-state index is 0.0585. The Morgan fingerprint density at radius 1 is 1.44 bits per heavy atom. The van der Waals surface area contributed by atoms with Crippen molar-refractivity contribution in [1.82, 2.24) is 20.2 Å². The maximum absolute atomic E-state index is 5.76. The molecule has 2 aromatic rings. The molecule has 2 heterocycles. The molecule has 1 aromatic carbocycles. The first-order valence-electron chi connectivity index (χ1n) is 5.09. The van der Waals surface area contributed by atoms with Crippen molar-refractivity contribution in [2.45, 2.75) is 19.1 Å². The fraction of sp³-hybridized carbons (Fsp3) is 0.300. The lowest BCUT2D eigenvalue weighted by Crippen LogP contribution is -2.22. The van der Waals surface area contributed by atoms with Gasteiger partial charge in [-0.25, -0.2) is 4.68 Å². The summed E-state index contributed by atoms with van der Waals surface area (Å²) in [6, 6.07) is 8.01. The third-order valence-electron chi connectivity index (χ3n) is 2.65. The number of para-hydroxylation sites is 1. The van der Waals surface area contributed by atoms with Crippen LogP contribution >= 0.6 is 0 Å². The number of tetrazole rings is 1. The molecule has 3 rings (SSSR count). The first-order valence-corrected chi connectivity index (χ1v) is 5.09. The lowest BCUT2D eigenvalue weighted by atomic mass is 10.1. The van der Waals surface area contributed by atoms with Crippen LogP contribution in [0.15, 0.2) is 24.3 Å².